The fourth-order valence-electron chi connectivity index (χ4n) is 1.37. The maximum Gasteiger partial charge on any atom is 0.460 e. The molecule has 0 aliphatic carbocycles. The van der Waals surface area contributed by atoms with Gasteiger partial charge in [0.05, 0.1) is 0 Å². The average molecular weight is 325 g/mol. The van der Waals surface area contributed by atoms with E-state index in [0.29, 0.717) is 12.1 Å². The van der Waals surface area contributed by atoms with Crippen molar-refractivity contribution in [2.45, 2.75) is 30.6 Å². The lowest BCUT2D eigenvalue weighted by molar-refractivity contribution is -0.399. The van der Waals surface area contributed by atoms with E-state index in [9.17, 15) is 44.6 Å². The van der Waals surface area contributed by atoms with Crippen LogP contribution in [0.2, 0.25) is 0 Å². The van der Waals surface area contributed by atoms with Crippen molar-refractivity contribution in [1.29, 1.82) is 0 Å². The Hall–Kier alpha value is -1.45. The zero-order chi connectivity index (χ0) is 16.7. The van der Waals surface area contributed by atoms with E-state index in [1.165, 1.54) is 0 Å². The summed E-state index contributed by atoms with van der Waals surface area (Å²) in [6.07, 6.45) is -6.85. The molecule has 0 amide bonds. The predicted molar refractivity (Wildman–Crippen MR) is 50.7 cm³/mol. The summed E-state index contributed by atoms with van der Waals surface area (Å²) in [7, 11) is 0. The highest BCUT2D eigenvalue weighted by molar-refractivity contribution is 5.28. The van der Waals surface area contributed by atoms with Crippen LogP contribution in [-0.2, 0) is 17.6 Å². The molecule has 0 fully saturated rings. The van der Waals surface area contributed by atoms with Gasteiger partial charge in [-0.2, -0.15) is 39.5 Å². The second-order valence-corrected chi connectivity index (χ2v) is 4.06. The van der Waals surface area contributed by atoms with Crippen LogP contribution < -0.4 is 0 Å². The van der Waals surface area contributed by atoms with Crippen LogP contribution >= 0.6 is 0 Å². The second kappa shape index (κ2) is 5.08. The Morgan fingerprint density at radius 2 is 1.14 bits per heavy atom. The Bertz CT molecular complexity index is 489. The molecule has 0 N–H and O–H groups in total. The van der Waals surface area contributed by atoms with E-state index in [4.69, 9.17) is 0 Å². The molecule has 1 rings (SSSR count). The monoisotopic (exact) mass is 325 g/mol. The van der Waals surface area contributed by atoms with E-state index >= 15 is 0 Å². The van der Waals surface area contributed by atoms with Crippen LogP contribution in [0.1, 0.15) is 11.1 Å². The first kappa shape index (κ1) is 17.6. The van der Waals surface area contributed by atoms with Gasteiger partial charge in [-0.15, -0.1) is 0 Å². The van der Waals surface area contributed by atoms with Gasteiger partial charge in [0.25, 0.3) is 0 Å². The van der Waals surface area contributed by atoms with Crippen molar-refractivity contribution in [3.8, 4) is 0 Å². The van der Waals surface area contributed by atoms with Crippen LogP contribution in [0.4, 0.5) is 39.5 Å². The molecule has 0 unspecified atom stereocenters. The fourth-order valence-corrected chi connectivity index (χ4v) is 1.37. The quantitative estimate of drug-likeness (QED) is 0.724. The number of rotatable bonds is 4. The lowest BCUT2D eigenvalue weighted by atomic mass is 9.96. The van der Waals surface area contributed by atoms with Crippen LogP contribution in [0.3, 0.4) is 0 Å². The minimum atomic E-state index is -6.93. The van der Waals surface area contributed by atoms with E-state index in [2.05, 4.69) is 0 Å². The van der Waals surface area contributed by atoms with Crippen molar-refractivity contribution in [3.63, 3.8) is 0 Å². The van der Waals surface area contributed by atoms with Crippen molar-refractivity contribution >= 4 is 0 Å². The zero-order valence-electron chi connectivity index (χ0n) is 9.83. The standard InChI is InChI=1S/C11H6F9O/c12-8(13,7-3-1-6(5-21)2-4-7)9(14,15)10(16,17)11(18,19)20/h1-4H,5H2. The first-order chi connectivity index (χ1) is 9.29. The molecule has 0 bridgehead atoms. The highest BCUT2D eigenvalue weighted by Gasteiger charge is 2.81. The van der Waals surface area contributed by atoms with Crippen molar-refractivity contribution in [1.82, 2.24) is 0 Å². The Morgan fingerprint density at radius 3 is 1.48 bits per heavy atom. The number of hydrogen-bond donors (Lipinski definition) is 0. The molecular formula is C11H6F9O. The van der Waals surface area contributed by atoms with E-state index in [1.807, 2.05) is 0 Å². The first-order valence-corrected chi connectivity index (χ1v) is 5.16. The van der Waals surface area contributed by atoms with Gasteiger partial charge in [0.15, 0.2) is 0 Å². The Balaban J connectivity index is 3.32. The van der Waals surface area contributed by atoms with Gasteiger partial charge in [-0.25, -0.2) is 5.11 Å². The smallest absolute Gasteiger partial charge is 0.232 e. The Morgan fingerprint density at radius 1 is 0.714 bits per heavy atom. The molecule has 0 aromatic heterocycles. The van der Waals surface area contributed by atoms with Gasteiger partial charge in [-0.1, -0.05) is 24.3 Å². The van der Waals surface area contributed by atoms with E-state index in [1.54, 1.807) is 0 Å². The van der Waals surface area contributed by atoms with E-state index in [-0.39, 0.29) is 17.7 Å². The molecule has 0 heterocycles. The maximum atomic E-state index is 13.4. The van der Waals surface area contributed by atoms with Crippen molar-refractivity contribution in [2.75, 3.05) is 0 Å². The van der Waals surface area contributed by atoms with Gasteiger partial charge in [0.2, 0.25) is 0 Å². The molecule has 1 nitrogen and oxygen atoms in total. The van der Waals surface area contributed by atoms with Gasteiger partial charge in [-0.3, -0.25) is 0 Å². The van der Waals surface area contributed by atoms with Crippen LogP contribution in [0.5, 0.6) is 0 Å². The zero-order valence-corrected chi connectivity index (χ0v) is 9.83. The summed E-state index contributed by atoms with van der Waals surface area (Å²) in [5.74, 6) is -19.4. The van der Waals surface area contributed by atoms with Crippen LogP contribution in [0, 0.1) is 0 Å². The summed E-state index contributed by atoms with van der Waals surface area (Å²) < 4.78 is 114. The summed E-state index contributed by atoms with van der Waals surface area (Å²) in [6, 6.07) is 1.68. The molecule has 1 aromatic rings. The molecule has 0 aliphatic rings. The molecule has 0 saturated carbocycles. The number of alkyl halides is 9. The summed E-state index contributed by atoms with van der Waals surface area (Å²) >= 11 is 0. The third kappa shape index (κ3) is 2.68. The van der Waals surface area contributed by atoms with Crippen LogP contribution in [0.25, 0.3) is 0 Å². The second-order valence-electron chi connectivity index (χ2n) is 4.06. The fraction of sp³-hybridized carbons (Fsp3) is 0.455. The molecule has 1 radical (unpaired) electrons. The lowest BCUT2D eigenvalue weighted by Crippen LogP contribution is -2.59. The minimum absolute atomic E-state index is 0.125. The van der Waals surface area contributed by atoms with Crippen LogP contribution in [0.15, 0.2) is 24.3 Å². The maximum absolute atomic E-state index is 13.4. The molecule has 0 spiro atoms. The average Bonchev–Trinajstić information content (AvgIpc) is 2.37. The minimum Gasteiger partial charge on any atom is -0.232 e. The summed E-state index contributed by atoms with van der Waals surface area (Å²) in [4.78, 5) is 0. The first-order valence-electron chi connectivity index (χ1n) is 5.16. The molecular weight excluding hydrogens is 319 g/mol. The summed E-state index contributed by atoms with van der Waals surface area (Å²) in [5.41, 5.74) is -1.88. The largest absolute Gasteiger partial charge is 0.460 e. The summed E-state index contributed by atoms with van der Waals surface area (Å²) in [6.45, 7) is -0.902. The van der Waals surface area contributed by atoms with Gasteiger partial charge in [-0.05, 0) is 5.56 Å². The highest BCUT2D eigenvalue weighted by atomic mass is 19.4. The van der Waals surface area contributed by atoms with Gasteiger partial charge in [0.1, 0.15) is 6.61 Å². The highest BCUT2D eigenvalue weighted by Crippen LogP contribution is 2.56. The van der Waals surface area contributed by atoms with Crippen LogP contribution in [-0.4, -0.2) is 18.0 Å². The summed E-state index contributed by atoms with van der Waals surface area (Å²) in [5, 5.41) is 10.4. The number of hydrogen-bond acceptors (Lipinski definition) is 0. The van der Waals surface area contributed by atoms with Gasteiger partial charge < -0.3 is 0 Å². The van der Waals surface area contributed by atoms with E-state index < -0.39 is 36.1 Å². The van der Waals surface area contributed by atoms with E-state index in [0.717, 1.165) is 0 Å². The molecule has 21 heavy (non-hydrogen) atoms. The third-order valence-electron chi connectivity index (χ3n) is 2.63. The van der Waals surface area contributed by atoms with Crippen molar-refractivity contribution < 1.29 is 44.6 Å². The third-order valence-corrected chi connectivity index (χ3v) is 2.63. The number of benzene rings is 1. The lowest BCUT2D eigenvalue weighted by Gasteiger charge is -2.33. The molecule has 0 aliphatic heterocycles. The normalized spacial score (nSPS) is 14.4. The molecule has 1 aromatic carbocycles. The predicted octanol–water partition coefficient (Wildman–Crippen LogP) is 4.54. The topological polar surface area (TPSA) is 19.9 Å². The van der Waals surface area contributed by atoms with Crippen molar-refractivity contribution in [3.05, 3.63) is 35.4 Å². The SMILES string of the molecule is [O]Cc1ccc(C(F)(F)C(F)(F)C(F)(F)C(F)(F)F)cc1. The molecule has 10 heteroatoms. The van der Waals surface area contributed by atoms with Gasteiger partial charge >= 0.3 is 23.9 Å². The Kier molecular flexibility index (Phi) is 4.25. The Labute approximate surface area is 112 Å². The van der Waals surface area contributed by atoms with Crippen molar-refractivity contribution in [2.24, 2.45) is 0 Å². The molecule has 0 saturated heterocycles. The molecule has 0 atom stereocenters. The van der Waals surface area contributed by atoms with Gasteiger partial charge in [0, 0.05) is 5.56 Å². The molecule has 119 valence electrons. The number of halogens is 9.